The van der Waals surface area contributed by atoms with Crippen LogP contribution in [0.3, 0.4) is 0 Å². The summed E-state index contributed by atoms with van der Waals surface area (Å²) in [6.07, 6.45) is -0.234. The van der Waals surface area contributed by atoms with Crippen LogP contribution in [0.4, 0.5) is 19.3 Å². The molecule has 1 aromatic carbocycles. The number of ether oxygens (including phenoxy) is 2. The molecule has 21 heavy (non-hydrogen) atoms. The van der Waals surface area contributed by atoms with Crippen LogP contribution in [-0.4, -0.2) is 41.9 Å². The van der Waals surface area contributed by atoms with E-state index in [1.165, 1.54) is 23.1 Å². The van der Waals surface area contributed by atoms with Gasteiger partial charge in [-0.3, -0.25) is 0 Å². The number of piperidine rings is 1. The number of benzene rings is 1. The number of likely N-dealkylation sites (tertiary alicyclic amines) is 1. The summed E-state index contributed by atoms with van der Waals surface area (Å²) in [6, 6.07) is 4.27. The molecule has 0 unspecified atom stereocenters. The Kier molecular flexibility index (Phi) is 4.66. The number of alkyl halides is 2. The van der Waals surface area contributed by atoms with E-state index < -0.39 is 12.7 Å². The van der Waals surface area contributed by atoms with E-state index in [4.69, 9.17) is 15.6 Å². The Morgan fingerprint density at radius 3 is 2.57 bits per heavy atom. The molecule has 116 valence electrons. The summed E-state index contributed by atoms with van der Waals surface area (Å²) in [5, 5.41) is 8.86. The number of halogens is 2. The van der Waals surface area contributed by atoms with Crippen LogP contribution in [0.2, 0.25) is 0 Å². The van der Waals surface area contributed by atoms with Gasteiger partial charge in [-0.25, -0.2) is 4.79 Å². The first-order chi connectivity index (χ1) is 9.95. The summed E-state index contributed by atoms with van der Waals surface area (Å²) in [5.41, 5.74) is 5.83. The zero-order valence-corrected chi connectivity index (χ0v) is 11.2. The minimum absolute atomic E-state index is 0.120. The Balaban J connectivity index is 2.01. The van der Waals surface area contributed by atoms with Crippen molar-refractivity contribution in [2.45, 2.75) is 25.6 Å². The fraction of sp³-hybridized carbons (Fsp3) is 0.462. The molecule has 0 atom stereocenters. The van der Waals surface area contributed by atoms with Crippen LogP contribution in [0.25, 0.3) is 0 Å². The average Bonchev–Trinajstić information content (AvgIpc) is 2.42. The van der Waals surface area contributed by atoms with Crippen molar-refractivity contribution in [3.05, 3.63) is 18.2 Å². The maximum absolute atomic E-state index is 12.4. The molecule has 0 aliphatic carbocycles. The molecule has 1 aliphatic heterocycles. The first kappa shape index (κ1) is 15.1. The van der Waals surface area contributed by atoms with Crippen molar-refractivity contribution in [1.29, 1.82) is 0 Å². The maximum Gasteiger partial charge on any atom is 0.407 e. The van der Waals surface area contributed by atoms with Gasteiger partial charge < -0.3 is 25.2 Å². The number of carboxylic acid groups (broad SMARTS) is 1. The summed E-state index contributed by atoms with van der Waals surface area (Å²) in [5.74, 6) is 0.0592. The second kappa shape index (κ2) is 6.47. The van der Waals surface area contributed by atoms with Gasteiger partial charge in [-0.2, -0.15) is 8.78 Å². The van der Waals surface area contributed by atoms with Crippen LogP contribution in [0.5, 0.6) is 11.5 Å². The quantitative estimate of drug-likeness (QED) is 0.834. The lowest BCUT2D eigenvalue weighted by molar-refractivity contribution is -0.0524. The van der Waals surface area contributed by atoms with Gasteiger partial charge in [0.2, 0.25) is 0 Å². The van der Waals surface area contributed by atoms with Crippen LogP contribution >= 0.6 is 0 Å². The molecule has 1 aliphatic rings. The molecular weight excluding hydrogens is 286 g/mol. The van der Waals surface area contributed by atoms with Gasteiger partial charge in [0.1, 0.15) is 6.10 Å². The molecule has 1 amide bonds. The van der Waals surface area contributed by atoms with Gasteiger partial charge in [0, 0.05) is 37.7 Å². The number of rotatable bonds is 4. The van der Waals surface area contributed by atoms with Gasteiger partial charge >= 0.3 is 12.7 Å². The second-order valence-electron chi connectivity index (χ2n) is 4.67. The number of carbonyl (C=O) groups is 1. The van der Waals surface area contributed by atoms with E-state index in [9.17, 15) is 13.6 Å². The van der Waals surface area contributed by atoms with Gasteiger partial charge in [-0.1, -0.05) is 0 Å². The maximum atomic E-state index is 12.4. The van der Waals surface area contributed by atoms with Gasteiger partial charge in [0.25, 0.3) is 0 Å². The van der Waals surface area contributed by atoms with Gasteiger partial charge in [0.05, 0.1) is 0 Å². The number of amides is 1. The summed E-state index contributed by atoms with van der Waals surface area (Å²) < 4.78 is 34.7. The highest BCUT2D eigenvalue weighted by atomic mass is 19.3. The van der Waals surface area contributed by atoms with Crippen molar-refractivity contribution >= 4 is 11.8 Å². The van der Waals surface area contributed by atoms with Crippen molar-refractivity contribution in [3.63, 3.8) is 0 Å². The minimum atomic E-state index is -2.97. The van der Waals surface area contributed by atoms with Crippen LogP contribution in [0.15, 0.2) is 18.2 Å². The molecule has 1 aromatic rings. The average molecular weight is 302 g/mol. The van der Waals surface area contributed by atoms with E-state index >= 15 is 0 Å². The molecular formula is C13H16F2N2O4. The van der Waals surface area contributed by atoms with Crippen molar-refractivity contribution in [2.75, 3.05) is 18.8 Å². The first-order valence-electron chi connectivity index (χ1n) is 6.44. The number of nitrogens with zero attached hydrogens (tertiary/aromatic N) is 1. The third-order valence-corrected chi connectivity index (χ3v) is 3.19. The third kappa shape index (κ3) is 4.11. The molecule has 1 fully saturated rings. The fourth-order valence-electron chi connectivity index (χ4n) is 2.15. The van der Waals surface area contributed by atoms with E-state index in [0.29, 0.717) is 31.6 Å². The summed E-state index contributed by atoms with van der Waals surface area (Å²) in [7, 11) is 0. The fourth-order valence-corrected chi connectivity index (χ4v) is 2.15. The van der Waals surface area contributed by atoms with Crippen molar-refractivity contribution in [3.8, 4) is 11.5 Å². The lowest BCUT2D eigenvalue weighted by Gasteiger charge is -2.30. The predicted octanol–water partition coefficient (Wildman–Crippen LogP) is 2.39. The van der Waals surface area contributed by atoms with E-state index in [-0.39, 0.29) is 17.6 Å². The predicted molar refractivity (Wildman–Crippen MR) is 70.7 cm³/mol. The zero-order chi connectivity index (χ0) is 15.4. The van der Waals surface area contributed by atoms with Crippen LogP contribution in [0.1, 0.15) is 12.8 Å². The molecule has 0 spiro atoms. The van der Waals surface area contributed by atoms with Crippen molar-refractivity contribution < 1.29 is 28.2 Å². The Hall–Kier alpha value is -2.25. The summed E-state index contributed by atoms with van der Waals surface area (Å²) in [6.45, 7) is -2.27. The lowest BCUT2D eigenvalue weighted by atomic mass is 10.1. The van der Waals surface area contributed by atoms with Crippen LogP contribution < -0.4 is 15.2 Å². The summed E-state index contributed by atoms with van der Waals surface area (Å²) in [4.78, 5) is 12.1. The molecule has 0 saturated carbocycles. The van der Waals surface area contributed by atoms with Crippen molar-refractivity contribution in [1.82, 2.24) is 4.90 Å². The molecule has 0 aromatic heterocycles. The Labute approximate surface area is 120 Å². The molecule has 1 saturated heterocycles. The molecule has 0 radical (unpaired) electrons. The van der Waals surface area contributed by atoms with E-state index in [1.54, 1.807) is 0 Å². The largest absolute Gasteiger partial charge is 0.486 e. The normalized spacial score (nSPS) is 16.0. The smallest absolute Gasteiger partial charge is 0.407 e. The van der Waals surface area contributed by atoms with E-state index in [2.05, 4.69) is 4.74 Å². The van der Waals surface area contributed by atoms with Crippen molar-refractivity contribution in [2.24, 2.45) is 0 Å². The molecule has 0 bridgehead atoms. The highest BCUT2D eigenvalue weighted by Crippen LogP contribution is 2.32. The van der Waals surface area contributed by atoms with Gasteiger partial charge in [-0.15, -0.1) is 0 Å². The Morgan fingerprint density at radius 1 is 1.33 bits per heavy atom. The molecule has 8 heteroatoms. The topological polar surface area (TPSA) is 85.0 Å². The van der Waals surface area contributed by atoms with Gasteiger partial charge in [0.15, 0.2) is 11.5 Å². The number of nitrogens with two attached hydrogens (primary N) is 1. The standard InChI is InChI=1S/C13H16F2N2O4/c14-12(15)21-11-7-8(16)1-2-10(11)20-9-3-5-17(6-4-9)13(18)19/h1-2,7,9,12H,3-6,16H2,(H,18,19). The molecule has 3 N–H and O–H groups in total. The van der Waals surface area contributed by atoms with Gasteiger partial charge in [-0.05, 0) is 12.1 Å². The first-order valence-corrected chi connectivity index (χ1v) is 6.44. The lowest BCUT2D eigenvalue weighted by Crippen LogP contribution is -2.41. The van der Waals surface area contributed by atoms with E-state index in [1.807, 2.05) is 0 Å². The third-order valence-electron chi connectivity index (χ3n) is 3.19. The SMILES string of the molecule is Nc1ccc(OC2CCN(C(=O)O)CC2)c(OC(F)F)c1. The molecule has 6 nitrogen and oxygen atoms in total. The number of anilines is 1. The Bertz CT molecular complexity index is 505. The molecule has 1 heterocycles. The second-order valence-corrected chi connectivity index (χ2v) is 4.67. The molecule has 2 rings (SSSR count). The minimum Gasteiger partial charge on any atom is -0.486 e. The highest BCUT2D eigenvalue weighted by molar-refractivity contribution is 5.65. The van der Waals surface area contributed by atoms with Crippen LogP contribution in [0, 0.1) is 0 Å². The highest BCUT2D eigenvalue weighted by Gasteiger charge is 2.24. The number of nitrogen functional groups attached to an aromatic ring is 1. The van der Waals surface area contributed by atoms with Crippen LogP contribution in [-0.2, 0) is 0 Å². The number of hydrogen-bond acceptors (Lipinski definition) is 4. The monoisotopic (exact) mass is 302 g/mol. The Morgan fingerprint density at radius 2 is 2.00 bits per heavy atom. The zero-order valence-electron chi connectivity index (χ0n) is 11.2. The summed E-state index contributed by atoms with van der Waals surface area (Å²) >= 11 is 0. The number of hydrogen-bond donors (Lipinski definition) is 2. The van der Waals surface area contributed by atoms with E-state index in [0.717, 1.165) is 0 Å².